The van der Waals surface area contributed by atoms with E-state index in [4.69, 9.17) is 9.15 Å². The van der Waals surface area contributed by atoms with Gasteiger partial charge in [0.1, 0.15) is 17.6 Å². The number of benzene rings is 1. The van der Waals surface area contributed by atoms with Crippen molar-refractivity contribution >= 4 is 0 Å². The molecule has 6 nitrogen and oxygen atoms in total. The maximum Gasteiger partial charge on any atom is 0.142 e. The van der Waals surface area contributed by atoms with E-state index in [9.17, 15) is 4.91 Å². The zero-order chi connectivity index (χ0) is 19.6. The molecule has 3 heterocycles. The molecule has 148 valence electrons. The van der Waals surface area contributed by atoms with Crippen molar-refractivity contribution in [1.29, 1.82) is 0 Å². The maximum absolute atomic E-state index is 11.1. The van der Waals surface area contributed by atoms with Crippen molar-refractivity contribution in [2.45, 2.75) is 25.4 Å². The second-order valence-corrected chi connectivity index (χ2v) is 7.65. The summed E-state index contributed by atoms with van der Waals surface area (Å²) in [5, 5.41) is 3.27. The van der Waals surface area contributed by atoms with Crippen molar-refractivity contribution in [3.63, 3.8) is 0 Å². The number of aromatic nitrogens is 1. The fourth-order valence-electron chi connectivity index (χ4n) is 4.30. The summed E-state index contributed by atoms with van der Waals surface area (Å²) < 4.78 is 11.8. The monoisotopic (exact) mass is 389 g/mol. The fourth-order valence-corrected chi connectivity index (χ4v) is 4.30. The topological polar surface area (TPSA) is 67.9 Å². The second-order valence-electron chi connectivity index (χ2n) is 7.65. The molecule has 0 amide bonds. The van der Waals surface area contributed by atoms with Gasteiger partial charge in [-0.25, -0.2) is 0 Å². The van der Waals surface area contributed by atoms with E-state index in [0.717, 1.165) is 79.5 Å². The number of furan rings is 1. The minimum Gasteiger partial charge on any atom is -0.459 e. The molecule has 5 rings (SSSR count). The third kappa shape index (κ3) is 3.61. The molecule has 0 saturated carbocycles. The van der Waals surface area contributed by atoms with Gasteiger partial charge in [-0.1, -0.05) is 23.4 Å². The Hall–Kier alpha value is -2.83. The molecule has 6 heteroatoms. The van der Waals surface area contributed by atoms with E-state index in [1.165, 1.54) is 5.56 Å². The van der Waals surface area contributed by atoms with Crippen LogP contribution in [-0.4, -0.2) is 36.2 Å². The number of fused-ring (bicyclic) bond motifs is 1. The third-order valence-corrected chi connectivity index (χ3v) is 5.84. The van der Waals surface area contributed by atoms with Gasteiger partial charge in [0.2, 0.25) is 0 Å². The summed E-state index contributed by atoms with van der Waals surface area (Å²) in [7, 11) is 0. The molecule has 0 spiro atoms. The number of morpholine rings is 1. The average Bonchev–Trinajstić information content (AvgIpc) is 3.38. The molecule has 1 aliphatic carbocycles. The number of ether oxygens (including phenoxy) is 1. The number of aryl methyl sites for hydroxylation is 1. The zero-order valence-corrected chi connectivity index (χ0v) is 16.2. The summed E-state index contributed by atoms with van der Waals surface area (Å²) in [6, 6.07) is 12.2. The largest absolute Gasteiger partial charge is 0.459 e. The maximum atomic E-state index is 11.1. The normalized spacial score (nSPS) is 19.2. The van der Waals surface area contributed by atoms with Gasteiger partial charge in [-0.15, -0.1) is 0 Å². The molecule has 1 atom stereocenters. The molecule has 1 fully saturated rings. The van der Waals surface area contributed by atoms with Gasteiger partial charge in [0.05, 0.1) is 19.8 Å². The molecular weight excluding hydrogens is 366 g/mol. The quantitative estimate of drug-likeness (QED) is 0.597. The fraction of sp³-hybridized carbons (Fsp3) is 0.348. The van der Waals surface area contributed by atoms with Crippen molar-refractivity contribution in [3.05, 3.63) is 70.6 Å². The lowest BCUT2D eigenvalue weighted by atomic mass is 9.98. The van der Waals surface area contributed by atoms with Crippen molar-refractivity contribution in [3.8, 4) is 22.5 Å². The Morgan fingerprint density at radius 1 is 1.07 bits per heavy atom. The number of hydrogen-bond donors (Lipinski definition) is 0. The van der Waals surface area contributed by atoms with E-state index in [1.807, 2.05) is 12.1 Å². The van der Waals surface area contributed by atoms with Crippen molar-refractivity contribution < 1.29 is 9.15 Å². The van der Waals surface area contributed by atoms with E-state index in [1.54, 1.807) is 12.4 Å². The van der Waals surface area contributed by atoms with E-state index in [2.05, 4.69) is 39.3 Å². The second kappa shape index (κ2) is 7.89. The Balaban J connectivity index is 1.53. The highest BCUT2D eigenvalue weighted by atomic mass is 16.5. The molecular formula is C23H23N3O3. The first kappa shape index (κ1) is 18.2. The smallest absolute Gasteiger partial charge is 0.142 e. The van der Waals surface area contributed by atoms with Crippen LogP contribution >= 0.6 is 0 Å². The van der Waals surface area contributed by atoms with Gasteiger partial charge in [-0.3, -0.25) is 9.88 Å². The van der Waals surface area contributed by atoms with Crippen molar-refractivity contribution in [2.24, 2.45) is 5.18 Å². The van der Waals surface area contributed by atoms with E-state index < -0.39 is 0 Å². The molecule has 3 aromatic rings. The van der Waals surface area contributed by atoms with Crippen LogP contribution in [0.15, 0.2) is 58.4 Å². The number of pyridine rings is 1. The minimum absolute atomic E-state index is 0.208. The lowest BCUT2D eigenvalue weighted by Crippen LogP contribution is -2.35. The molecule has 29 heavy (non-hydrogen) atoms. The summed E-state index contributed by atoms with van der Waals surface area (Å²) in [6.07, 6.45) is 5.26. The molecule has 2 aliphatic rings. The van der Waals surface area contributed by atoms with Crippen LogP contribution in [0.2, 0.25) is 0 Å². The van der Waals surface area contributed by atoms with E-state index in [-0.39, 0.29) is 6.04 Å². The lowest BCUT2D eigenvalue weighted by Gasteiger charge is -2.25. The van der Waals surface area contributed by atoms with Gasteiger partial charge >= 0.3 is 0 Å². The highest BCUT2D eigenvalue weighted by molar-refractivity contribution is 5.80. The van der Waals surface area contributed by atoms with Gasteiger partial charge < -0.3 is 9.15 Å². The van der Waals surface area contributed by atoms with Crippen LogP contribution in [0.4, 0.5) is 0 Å². The van der Waals surface area contributed by atoms with Crippen LogP contribution in [0.5, 0.6) is 0 Å². The Morgan fingerprint density at radius 3 is 2.69 bits per heavy atom. The highest BCUT2D eigenvalue weighted by Gasteiger charge is 2.25. The minimum atomic E-state index is -0.208. The summed E-state index contributed by atoms with van der Waals surface area (Å²) in [5.41, 5.74) is 5.47. The van der Waals surface area contributed by atoms with Gasteiger partial charge in [-0.05, 0) is 47.7 Å². The van der Waals surface area contributed by atoms with E-state index in [0.29, 0.717) is 0 Å². The highest BCUT2D eigenvalue weighted by Crippen LogP contribution is 2.40. The molecule has 0 N–H and O–H groups in total. The third-order valence-electron chi connectivity index (χ3n) is 5.84. The number of nitrogens with zero attached hydrogens (tertiary/aromatic N) is 3. The summed E-state index contributed by atoms with van der Waals surface area (Å²) >= 11 is 0. The predicted octanol–water partition coefficient (Wildman–Crippen LogP) is 4.59. The molecule has 1 aliphatic heterocycles. The molecule has 1 unspecified atom stereocenters. The Morgan fingerprint density at radius 2 is 1.90 bits per heavy atom. The average molecular weight is 389 g/mol. The first-order chi connectivity index (χ1) is 14.3. The first-order valence-corrected chi connectivity index (χ1v) is 10.1. The Labute approximate surface area is 169 Å². The Bertz CT molecular complexity index is 1010. The van der Waals surface area contributed by atoms with Crippen LogP contribution in [0, 0.1) is 4.91 Å². The van der Waals surface area contributed by atoms with E-state index >= 15 is 0 Å². The lowest BCUT2D eigenvalue weighted by molar-refractivity contribution is 0.0314. The molecule has 0 bridgehead atoms. The van der Waals surface area contributed by atoms with Crippen LogP contribution in [0.3, 0.4) is 0 Å². The van der Waals surface area contributed by atoms with Crippen LogP contribution in [0.25, 0.3) is 22.5 Å². The first-order valence-electron chi connectivity index (χ1n) is 10.1. The molecule has 0 radical (unpaired) electrons. The van der Waals surface area contributed by atoms with Crippen molar-refractivity contribution in [1.82, 2.24) is 9.88 Å². The summed E-state index contributed by atoms with van der Waals surface area (Å²) in [5.74, 6) is 1.81. The van der Waals surface area contributed by atoms with Crippen LogP contribution < -0.4 is 0 Å². The summed E-state index contributed by atoms with van der Waals surface area (Å²) in [4.78, 5) is 17.6. The summed E-state index contributed by atoms with van der Waals surface area (Å²) in [6.45, 7) is 4.13. The molecule has 1 aromatic carbocycles. The van der Waals surface area contributed by atoms with Gasteiger partial charge in [0.15, 0.2) is 0 Å². The number of hydrogen-bond acceptors (Lipinski definition) is 6. The van der Waals surface area contributed by atoms with Crippen LogP contribution in [-0.2, 0) is 17.7 Å². The van der Waals surface area contributed by atoms with Crippen LogP contribution in [0.1, 0.15) is 29.3 Å². The SMILES string of the molecule is O=NC1CCc2cc(-c3cc(CN4CCOCC4)oc3-c3ccncc3)ccc21. The standard InChI is InChI=1S/C23H23N3O3/c27-25-22-4-2-17-13-18(1-3-20(17)22)21-14-19(15-26-9-11-28-12-10-26)29-23(21)16-5-7-24-8-6-16/h1,3,5-8,13-14,22H,2,4,9-12,15H2. The van der Waals surface area contributed by atoms with Gasteiger partial charge in [-0.2, -0.15) is 4.91 Å². The molecule has 1 saturated heterocycles. The molecule has 2 aromatic heterocycles. The zero-order valence-electron chi connectivity index (χ0n) is 16.2. The predicted molar refractivity (Wildman–Crippen MR) is 110 cm³/mol. The number of rotatable bonds is 5. The van der Waals surface area contributed by atoms with Gasteiger partial charge in [0, 0.05) is 36.6 Å². The number of nitroso groups, excluding NO2 is 1. The van der Waals surface area contributed by atoms with Gasteiger partial charge in [0.25, 0.3) is 0 Å². The van der Waals surface area contributed by atoms with Crippen molar-refractivity contribution in [2.75, 3.05) is 26.3 Å². The Kier molecular flexibility index (Phi) is 4.96.